The van der Waals surface area contributed by atoms with Crippen LogP contribution in [0.2, 0.25) is 0 Å². The van der Waals surface area contributed by atoms with Gasteiger partial charge in [0, 0.05) is 10.9 Å². The van der Waals surface area contributed by atoms with Gasteiger partial charge in [0.1, 0.15) is 11.3 Å². The zero-order valence-electron chi connectivity index (χ0n) is 13.2. The Bertz CT molecular complexity index is 522. The third kappa shape index (κ3) is 2.60. The molecule has 1 aromatic carbocycles. The van der Waals surface area contributed by atoms with Crippen LogP contribution in [-0.2, 0) is 0 Å². The van der Waals surface area contributed by atoms with E-state index in [1.165, 1.54) is 0 Å². The van der Waals surface area contributed by atoms with E-state index in [9.17, 15) is 0 Å². The lowest BCUT2D eigenvalue weighted by Crippen LogP contribution is -2.51. The van der Waals surface area contributed by atoms with Gasteiger partial charge >= 0.3 is 0 Å². The zero-order valence-corrected chi connectivity index (χ0v) is 13.2. The fraction of sp³-hybridized carbons (Fsp3) is 0.529. The Hall–Kier alpha value is -1.32. The Morgan fingerprint density at radius 2 is 1.85 bits per heavy atom. The Balaban J connectivity index is 2.40. The molecule has 1 heterocycles. The van der Waals surface area contributed by atoms with Crippen LogP contribution in [0.1, 0.15) is 39.5 Å². The van der Waals surface area contributed by atoms with Crippen molar-refractivity contribution in [3.05, 3.63) is 36.1 Å². The lowest BCUT2D eigenvalue weighted by molar-refractivity contribution is 0.0861. The zero-order chi connectivity index (χ0) is 14.8. The molecule has 0 amide bonds. The Kier molecular flexibility index (Phi) is 4.51. The molecule has 3 nitrogen and oxygen atoms in total. The van der Waals surface area contributed by atoms with Crippen molar-refractivity contribution in [3.8, 4) is 0 Å². The number of nitrogens with one attached hydrogen (secondary N) is 1. The van der Waals surface area contributed by atoms with Crippen LogP contribution >= 0.6 is 0 Å². The van der Waals surface area contributed by atoms with Crippen LogP contribution in [0.4, 0.5) is 0 Å². The van der Waals surface area contributed by atoms with Gasteiger partial charge in [-0.05, 0) is 46.1 Å². The van der Waals surface area contributed by atoms with Crippen LogP contribution in [-0.4, -0.2) is 30.6 Å². The van der Waals surface area contributed by atoms with Crippen LogP contribution < -0.4 is 5.32 Å². The molecule has 0 aliphatic heterocycles. The number of benzene rings is 1. The summed E-state index contributed by atoms with van der Waals surface area (Å²) in [6.45, 7) is 11.0. The van der Waals surface area contributed by atoms with Crippen molar-refractivity contribution in [3.63, 3.8) is 0 Å². The average Bonchev–Trinajstić information content (AvgIpc) is 2.83. The number of fused-ring (bicyclic) bond motifs is 1. The molecule has 3 heteroatoms. The minimum Gasteiger partial charge on any atom is -0.459 e. The van der Waals surface area contributed by atoms with Gasteiger partial charge in [-0.25, -0.2) is 0 Å². The maximum absolute atomic E-state index is 6.06. The third-order valence-corrected chi connectivity index (χ3v) is 4.30. The number of hydrogen-bond acceptors (Lipinski definition) is 3. The van der Waals surface area contributed by atoms with E-state index in [0.29, 0.717) is 0 Å². The third-order valence-electron chi connectivity index (χ3n) is 4.30. The Labute approximate surface area is 122 Å². The van der Waals surface area contributed by atoms with Crippen molar-refractivity contribution in [1.29, 1.82) is 0 Å². The van der Waals surface area contributed by atoms with Crippen LogP contribution in [0.3, 0.4) is 0 Å². The van der Waals surface area contributed by atoms with E-state index in [4.69, 9.17) is 4.42 Å². The first-order chi connectivity index (χ1) is 9.54. The van der Waals surface area contributed by atoms with Crippen molar-refractivity contribution in [2.45, 2.75) is 39.3 Å². The minimum atomic E-state index is -0.00781. The maximum atomic E-state index is 6.06. The smallest absolute Gasteiger partial charge is 0.134 e. The summed E-state index contributed by atoms with van der Waals surface area (Å²) in [7, 11) is 2.00. The van der Waals surface area contributed by atoms with Gasteiger partial charge in [0.15, 0.2) is 0 Å². The molecule has 2 rings (SSSR count). The largest absolute Gasteiger partial charge is 0.459 e. The van der Waals surface area contributed by atoms with Gasteiger partial charge in [0.05, 0.1) is 6.04 Å². The number of para-hydroxylation sites is 1. The highest BCUT2D eigenvalue weighted by Crippen LogP contribution is 2.33. The number of rotatable bonds is 6. The van der Waals surface area contributed by atoms with Crippen LogP contribution in [0.5, 0.6) is 0 Å². The second-order valence-electron chi connectivity index (χ2n) is 5.73. The van der Waals surface area contributed by atoms with Crippen molar-refractivity contribution >= 4 is 11.0 Å². The van der Waals surface area contributed by atoms with E-state index in [-0.39, 0.29) is 11.6 Å². The summed E-state index contributed by atoms with van der Waals surface area (Å²) in [6.07, 6.45) is 0. The highest BCUT2D eigenvalue weighted by molar-refractivity contribution is 5.77. The van der Waals surface area contributed by atoms with E-state index in [2.05, 4.69) is 50.0 Å². The van der Waals surface area contributed by atoms with Gasteiger partial charge in [-0.2, -0.15) is 0 Å². The Morgan fingerprint density at radius 3 is 2.40 bits per heavy atom. The summed E-state index contributed by atoms with van der Waals surface area (Å²) in [6, 6.07) is 10.5. The molecule has 0 saturated carbocycles. The fourth-order valence-corrected chi connectivity index (χ4v) is 3.21. The Morgan fingerprint density at radius 1 is 1.20 bits per heavy atom. The molecule has 1 N–H and O–H groups in total. The van der Waals surface area contributed by atoms with E-state index < -0.39 is 0 Å². The summed E-state index contributed by atoms with van der Waals surface area (Å²) >= 11 is 0. The molecule has 0 aliphatic carbocycles. The van der Waals surface area contributed by atoms with E-state index in [1.807, 2.05) is 25.2 Å². The molecule has 0 bridgehead atoms. The fourth-order valence-electron chi connectivity index (χ4n) is 3.21. The van der Waals surface area contributed by atoms with Crippen molar-refractivity contribution in [2.75, 3.05) is 20.1 Å². The van der Waals surface area contributed by atoms with Crippen molar-refractivity contribution < 1.29 is 4.42 Å². The quantitative estimate of drug-likeness (QED) is 0.868. The van der Waals surface area contributed by atoms with E-state index >= 15 is 0 Å². The van der Waals surface area contributed by atoms with Gasteiger partial charge in [-0.1, -0.05) is 32.0 Å². The number of nitrogens with zero attached hydrogens (tertiary/aromatic N) is 1. The van der Waals surface area contributed by atoms with Crippen molar-refractivity contribution in [2.24, 2.45) is 0 Å². The molecule has 1 unspecified atom stereocenters. The first kappa shape index (κ1) is 15.1. The maximum Gasteiger partial charge on any atom is 0.134 e. The van der Waals surface area contributed by atoms with Gasteiger partial charge in [0.2, 0.25) is 0 Å². The molecule has 20 heavy (non-hydrogen) atoms. The lowest BCUT2D eigenvalue weighted by atomic mass is 9.90. The lowest BCUT2D eigenvalue weighted by Gasteiger charge is -2.42. The standard InChI is InChI=1S/C17H26N2O/c1-6-19(7-2)17(3,4)16(18-5)15-12-13-10-8-9-11-14(13)20-15/h8-12,16,18H,6-7H2,1-5H3. The summed E-state index contributed by atoms with van der Waals surface area (Å²) in [5.74, 6) is 1.01. The number of likely N-dealkylation sites (N-methyl/N-ethyl adjacent to an activating group) is 2. The van der Waals surface area contributed by atoms with E-state index in [0.717, 1.165) is 29.8 Å². The molecule has 1 aromatic heterocycles. The van der Waals surface area contributed by atoms with Gasteiger partial charge in [0.25, 0.3) is 0 Å². The van der Waals surface area contributed by atoms with Crippen molar-refractivity contribution in [1.82, 2.24) is 10.2 Å². The first-order valence-electron chi connectivity index (χ1n) is 7.45. The minimum absolute atomic E-state index is 0.00781. The summed E-state index contributed by atoms with van der Waals surface area (Å²) in [5.41, 5.74) is 0.949. The van der Waals surface area contributed by atoms with Crippen LogP contribution in [0.15, 0.2) is 34.7 Å². The normalized spacial score (nSPS) is 14.1. The SMILES string of the molecule is CCN(CC)C(C)(C)C(NC)c1cc2ccccc2o1. The second kappa shape index (κ2) is 5.98. The van der Waals surface area contributed by atoms with E-state index in [1.54, 1.807) is 0 Å². The summed E-state index contributed by atoms with van der Waals surface area (Å²) in [4.78, 5) is 2.46. The topological polar surface area (TPSA) is 28.4 Å². The summed E-state index contributed by atoms with van der Waals surface area (Å²) in [5, 5.41) is 4.60. The highest BCUT2D eigenvalue weighted by atomic mass is 16.3. The number of hydrogen-bond donors (Lipinski definition) is 1. The monoisotopic (exact) mass is 274 g/mol. The highest BCUT2D eigenvalue weighted by Gasteiger charge is 2.36. The molecule has 110 valence electrons. The molecule has 0 radical (unpaired) electrons. The molecule has 2 aromatic rings. The predicted octanol–water partition coefficient (Wildman–Crippen LogP) is 3.81. The molecular formula is C17H26N2O. The molecule has 0 spiro atoms. The molecule has 0 fully saturated rings. The van der Waals surface area contributed by atoms with Gasteiger partial charge < -0.3 is 9.73 Å². The molecule has 0 aliphatic rings. The first-order valence-corrected chi connectivity index (χ1v) is 7.45. The predicted molar refractivity (Wildman–Crippen MR) is 85.0 cm³/mol. The second-order valence-corrected chi connectivity index (χ2v) is 5.73. The molecule has 1 atom stereocenters. The number of furan rings is 1. The average molecular weight is 274 g/mol. The summed E-state index contributed by atoms with van der Waals surface area (Å²) < 4.78 is 6.06. The van der Waals surface area contributed by atoms with Gasteiger partial charge in [-0.3, -0.25) is 4.90 Å². The molecule has 0 saturated heterocycles. The molecular weight excluding hydrogens is 248 g/mol. The van der Waals surface area contributed by atoms with Gasteiger partial charge in [-0.15, -0.1) is 0 Å². The van der Waals surface area contributed by atoms with Crippen LogP contribution in [0, 0.1) is 0 Å². The van der Waals surface area contributed by atoms with Crippen LogP contribution in [0.25, 0.3) is 11.0 Å².